The molecule has 1 aliphatic carbocycles. The third-order valence-corrected chi connectivity index (χ3v) is 6.61. The van der Waals surface area contributed by atoms with Crippen LogP contribution in [0.2, 0.25) is 0 Å². The quantitative estimate of drug-likeness (QED) is 0.433. The second kappa shape index (κ2) is 11.0. The van der Waals surface area contributed by atoms with Gasteiger partial charge in [0.25, 0.3) is 0 Å². The van der Waals surface area contributed by atoms with Crippen LogP contribution in [0.15, 0.2) is 21.5 Å². The summed E-state index contributed by atoms with van der Waals surface area (Å²) < 4.78 is 5.98. The zero-order chi connectivity index (χ0) is 20.5. The van der Waals surface area contributed by atoms with Crippen LogP contribution in [0.25, 0.3) is 0 Å². The van der Waals surface area contributed by atoms with Crippen molar-refractivity contribution in [2.45, 2.75) is 71.3 Å². The third-order valence-electron chi connectivity index (χ3n) is 6.61. The summed E-state index contributed by atoms with van der Waals surface area (Å²) in [7, 11) is 0. The Morgan fingerprint density at radius 3 is 2.55 bits per heavy atom. The van der Waals surface area contributed by atoms with Crippen molar-refractivity contribution in [3.05, 3.63) is 23.7 Å². The lowest BCUT2D eigenvalue weighted by molar-refractivity contribution is 0.137. The summed E-state index contributed by atoms with van der Waals surface area (Å²) in [5.41, 5.74) is 0.168. The zero-order valence-corrected chi connectivity index (χ0v) is 18.4. The second-order valence-corrected chi connectivity index (χ2v) is 8.82. The molecule has 2 fully saturated rings. The molecule has 2 heterocycles. The van der Waals surface area contributed by atoms with Gasteiger partial charge in [-0.15, -0.1) is 0 Å². The van der Waals surface area contributed by atoms with E-state index in [0.29, 0.717) is 0 Å². The summed E-state index contributed by atoms with van der Waals surface area (Å²) in [4.78, 5) is 7.48. The first-order valence-electron chi connectivity index (χ1n) is 11.6. The number of nitrogens with zero attached hydrogens (tertiary/aromatic N) is 2. The molecule has 164 valence electrons. The maximum Gasteiger partial charge on any atom is 0.191 e. The normalized spacial score (nSPS) is 21.3. The van der Waals surface area contributed by atoms with Gasteiger partial charge in [0, 0.05) is 26.2 Å². The Labute approximate surface area is 176 Å². The van der Waals surface area contributed by atoms with E-state index in [2.05, 4.69) is 34.6 Å². The van der Waals surface area contributed by atoms with Crippen molar-refractivity contribution in [1.29, 1.82) is 0 Å². The fourth-order valence-electron chi connectivity index (χ4n) is 4.90. The summed E-state index contributed by atoms with van der Waals surface area (Å²) in [6, 6.07) is 4.40. The maximum absolute atomic E-state index is 9.58. The molecule has 1 aromatic rings. The second-order valence-electron chi connectivity index (χ2n) is 8.82. The van der Waals surface area contributed by atoms with Crippen LogP contribution in [0.4, 0.5) is 0 Å². The van der Waals surface area contributed by atoms with Gasteiger partial charge in [-0.25, -0.2) is 0 Å². The van der Waals surface area contributed by atoms with Crippen molar-refractivity contribution in [2.75, 3.05) is 39.3 Å². The fourth-order valence-corrected chi connectivity index (χ4v) is 4.90. The molecular weight excluding hydrogens is 364 g/mol. The smallest absolute Gasteiger partial charge is 0.191 e. The predicted molar refractivity (Wildman–Crippen MR) is 118 cm³/mol. The Bertz CT molecular complexity index is 625. The molecule has 29 heavy (non-hydrogen) atoms. The molecule has 0 bridgehead atoms. The Kier molecular flexibility index (Phi) is 8.42. The van der Waals surface area contributed by atoms with E-state index in [1.807, 2.05) is 6.92 Å². The van der Waals surface area contributed by atoms with Gasteiger partial charge < -0.3 is 20.2 Å². The van der Waals surface area contributed by atoms with Gasteiger partial charge in [-0.1, -0.05) is 19.3 Å². The van der Waals surface area contributed by atoms with Crippen LogP contribution in [-0.4, -0.2) is 55.3 Å². The van der Waals surface area contributed by atoms with Crippen molar-refractivity contribution in [3.8, 4) is 0 Å². The summed E-state index contributed by atoms with van der Waals surface area (Å²) in [5.74, 6) is 2.88. The van der Waals surface area contributed by atoms with Gasteiger partial charge in [0.1, 0.15) is 11.5 Å². The average molecular weight is 405 g/mol. The molecule has 3 rings (SSSR count). The highest BCUT2D eigenvalue weighted by Gasteiger charge is 2.31. The first kappa shape index (κ1) is 22.2. The number of nitrogens with one attached hydrogen (secondary N) is 2. The van der Waals surface area contributed by atoms with E-state index in [9.17, 15) is 5.11 Å². The molecule has 2 aliphatic rings. The first-order valence-corrected chi connectivity index (χ1v) is 11.6. The lowest BCUT2D eigenvalue weighted by Crippen LogP contribution is -2.43. The van der Waals surface area contributed by atoms with Crippen LogP contribution < -0.4 is 10.6 Å². The highest BCUT2D eigenvalue weighted by atomic mass is 16.3. The Morgan fingerprint density at radius 1 is 1.17 bits per heavy atom. The number of hydrogen-bond acceptors (Lipinski definition) is 4. The van der Waals surface area contributed by atoms with E-state index < -0.39 is 0 Å². The van der Waals surface area contributed by atoms with Gasteiger partial charge in [-0.05, 0) is 76.6 Å². The van der Waals surface area contributed by atoms with Crippen LogP contribution >= 0.6 is 0 Å². The molecule has 1 aliphatic heterocycles. The Morgan fingerprint density at radius 2 is 1.93 bits per heavy atom. The number of aryl methyl sites for hydroxylation is 1. The van der Waals surface area contributed by atoms with E-state index in [1.54, 1.807) is 0 Å². The van der Waals surface area contributed by atoms with Crippen LogP contribution in [0.1, 0.15) is 75.9 Å². The molecule has 0 aromatic carbocycles. The Hall–Kier alpha value is -1.53. The average Bonchev–Trinajstić information content (AvgIpc) is 3.40. The molecule has 1 unspecified atom stereocenters. The van der Waals surface area contributed by atoms with Crippen molar-refractivity contribution in [2.24, 2.45) is 10.4 Å². The molecule has 1 atom stereocenters. The fraction of sp³-hybridized carbons (Fsp3) is 0.783. The van der Waals surface area contributed by atoms with Gasteiger partial charge in [-0.3, -0.25) is 9.89 Å². The third kappa shape index (κ3) is 6.22. The van der Waals surface area contributed by atoms with Gasteiger partial charge in [0.15, 0.2) is 5.96 Å². The maximum atomic E-state index is 9.58. The summed E-state index contributed by atoms with van der Waals surface area (Å²) in [6.07, 6.45) is 9.56. The lowest BCUT2D eigenvalue weighted by Gasteiger charge is -2.36. The first-order chi connectivity index (χ1) is 14.2. The number of guanidine groups is 1. The molecule has 6 nitrogen and oxygen atoms in total. The van der Waals surface area contributed by atoms with Crippen LogP contribution in [0.3, 0.4) is 0 Å². The molecule has 3 N–H and O–H groups in total. The summed E-state index contributed by atoms with van der Waals surface area (Å²) in [6.45, 7) is 9.03. The lowest BCUT2D eigenvalue weighted by atomic mass is 9.72. The summed E-state index contributed by atoms with van der Waals surface area (Å²) in [5, 5.41) is 16.6. The minimum absolute atomic E-state index is 0.168. The molecule has 6 heteroatoms. The van der Waals surface area contributed by atoms with E-state index in [-0.39, 0.29) is 18.1 Å². The topological polar surface area (TPSA) is 73.0 Å². The number of aliphatic imine (C=N–C) groups is 1. The SMILES string of the molecule is CCNC(=NCC1(CCO)CCCCC1)NCC(c1ccc(C)o1)N1CCCC1. The predicted octanol–water partition coefficient (Wildman–Crippen LogP) is 3.61. The number of furan rings is 1. The van der Waals surface area contributed by atoms with E-state index in [0.717, 1.165) is 56.6 Å². The highest BCUT2D eigenvalue weighted by Crippen LogP contribution is 2.39. The van der Waals surface area contributed by atoms with Gasteiger partial charge in [0.05, 0.1) is 6.04 Å². The Balaban J connectivity index is 1.66. The monoisotopic (exact) mass is 404 g/mol. The van der Waals surface area contributed by atoms with Crippen molar-refractivity contribution in [1.82, 2.24) is 15.5 Å². The van der Waals surface area contributed by atoms with Crippen LogP contribution in [0.5, 0.6) is 0 Å². The molecule has 1 aromatic heterocycles. The molecule has 0 spiro atoms. The number of aliphatic hydroxyl groups excluding tert-OH is 1. The molecular formula is C23H40N4O2. The van der Waals surface area contributed by atoms with Crippen LogP contribution in [-0.2, 0) is 0 Å². The van der Waals surface area contributed by atoms with E-state index >= 15 is 0 Å². The van der Waals surface area contributed by atoms with Crippen molar-refractivity contribution in [3.63, 3.8) is 0 Å². The van der Waals surface area contributed by atoms with Gasteiger partial charge >= 0.3 is 0 Å². The summed E-state index contributed by atoms with van der Waals surface area (Å²) >= 11 is 0. The molecule has 0 radical (unpaired) electrons. The highest BCUT2D eigenvalue weighted by molar-refractivity contribution is 5.79. The van der Waals surface area contributed by atoms with Crippen LogP contribution in [0, 0.1) is 12.3 Å². The number of hydrogen-bond donors (Lipinski definition) is 3. The van der Waals surface area contributed by atoms with Crippen molar-refractivity contribution < 1.29 is 9.52 Å². The van der Waals surface area contributed by atoms with Gasteiger partial charge in [0.2, 0.25) is 0 Å². The molecule has 0 amide bonds. The zero-order valence-electron chi connectivity index (χ0n) is 18.4. The minimum atomic E-state index is 0.168. The number of aliphatic hydroxyl groups is 1. The molecule has 1 saturated heterocycles. The van der Waals surface area contributed by atoms with Crippen molar-refractivity contribution >= 4 is 5.96 Å². The number of rotatable bonds is 9. The minimum Gasteiger partial charge on any atom is -0.465 e. The van der Waals surface area contributed by atoms with Gasteiger partial charge in [-0.2, -0.15) is 0 Å². The van der Waals surface area contributed by atoms with E-state index in [4.69, 9.17) is 9.41 Å². The largest absolute Gasteiger partial charge is 0.465 e. The molecule has 1 saturated carbocycles. The van der Waals surface area contributed by atoms with E-state index in [1.165, 1.54) is 44.9 Å². The number of likely N-dealkylation sites (tertiary alicyclic amines) is 1. The standard InChI is InChI=1S/C23H40N4O2/c1-3-24-22(26-18-23(13-16-28)11-5-4-6-12-23)25-17-20(27-14-7-8-15-27)21-10-9-19(2)29-21/h9-10,20,28H,3-8,11-18H2,1-2H3,(H2,24,25,26).